The van der Waals surface area contributed by atoms with Gasteiger partial charge >= 0.3 is 0 Å². The van der Waals surface area contributed by atoms with Crippen LogP contribution >= 0.6 is 0 Å². The minimum atomic E-state index is 0.477. The zero-order valence-electron chi connectivity index (χ0n) is 7.04. The Labute approximate surface area is 72.1 Å². The van der Waals surface area contributed by atoms with E-state index in [9.17, 15) is 0 Å². The largest absolute Gasteiger partial charge is 0.313 e. The van der Waals surface area contributed by atoms with Gasteiger partial charge in [-0.15, -0.1) is 0 Å². The summed E-state index contributed by atoms with van der Waals surface area (Å²) in [4.78, 5) is 3.88. The zero-order chi connectivity index (χ0) is 8.81. The molecule has 1 aromatic heterocycles. The molecule has 62 valence electrons. The average molecular weight is 161 g/mol. The van der Waals surface area contributed by atoms with E-state index >= 15 is 0 Å². The molecule has 0 aromatic carbocycles. The maximum absolute atomic E-state index is 8.55. The molecule has 1 N–H and O–H groups in total. The van der Waals surface area contributed by atoms with Crippen molar-refractivity contribution in [3.05, 3.63) is 29.6 Å². The topological polar surface area (TPSA) is 48.7 Å². The highest BCUT2D eigenvalue weighted by Crippen LogP contribution is 1.99. The minimum absolute atomic E-state index is 0.477. The third kappa shape index (κ3) is 2.33. The fraction of sp³-hybridized carbons (Fsp3) is 0.333. The smallest absolute Gasteiger partial charge is 0.140 e. The quantitative estimate of drug-likeness (QED) is 0.721. The molecule has 0 spiro atoms. The number of nitrogens with zero attached hydrogens (tertiary/aromatic N) is 2. The van der Waals surface area contributed by atoms with Crippen molar-refractivity contribution >= 4 is 0 Å². The second-order valence-electron chi connectivity index (χ2n) is 2.44. The van der Waals surface area contributed by atoms with Crippen LogP contribution in [-0.4, -0.2) is 11.5 Å². The molecule has 0 aliphatic carbocycles. The van der Waals surface area contributed by atoms with Crippen LogP contribution in [0.25, 0.3) is 0 Å². The summed E-state index contributed by atoms with van der Waals surface area (Å²) in [5.74, 6) is 0. The number of hydrogen-bond acceptors (Lipinski definition) is 3. The predicted octanol–water partition coefficient (Wildman–Crippen LogP) is 1.06. The fourth-order valence-corrected chi connectivity index (χ4v) is 0.915. The SMILES string of the molecule is CCNCc1ccnc(C#N)c1. The van der Waals surface area contributed by atoms with Crippen molar-refractivity contribution in [2.45, 2.75) is 13.5 Å². The number of rotatable bonds is 3. The first-order valence-electron chi connectivity index (χ1n) is 3.92. The lowest BCUT2D eigenvalue weighted by atomic mass is 10.2. The van der Waals surface area contributed by atoms with Gasteiger partial charge in [-0.25, -0.2) is 4.98 Å². The van der Waals surface area contributed by atoms with E-state index in [0.29, 0.717) is 5.69 Å². The molecule has 0 atom stereocenters. The molecule has 0 fully saturated rings. The highest BCUT2D eigenvalue weighted by molar-refractivity contribution is 5.25. The van der Waals surface area contributed by atoms with E-state index in [0.717, 1.165) is 18.7 Å². The van der Waals surface area contributed by atoms with E-state index < -0.39 is 0 Å². The minimum Gasteiger partial charge on any atom is -0.313 e. The molecule has 12 heavy (non-hydrogen) atoms. The van der Waals surface area contributed by atoms with Gasteiger partial charge in [0.05, 0.1) is 0 Å². The summed E-state index contributed by atoms with van der Waals surface area (Å²) in [6.45, 7) is 3.78. The third-order valence-electron chi connectivity index (χ3n) is 1.52. The number of nitriles is 1. The van der Waals surface area contributed by atoms with Gasteiger partial charge in [-0.2, -0.15) is 5.26 Å². The lowest BCUT2D eigenvalue weighted by molar-refractivity contribution is 0.725. The van der Waals surface area contributed by atoms with Gasteiger partial charge < -0.3 is 5.32 Å². The van der Waals surface area contributed by atoms with Crippen LogP contribution in [0.1, 0.15) is 18.2 Å². The van der Waals surface area contributed by atoms with Crippen LogP contribution in [0.4, 0.5) is 0 Å². The molecule has 0 unspecified atom stereocenters. The van der Waals surface area contributed by atoms with Crippen LogP contribution in [0.3, 0.4) is 0 Å². The predicted molar refractivity (Wildman–Crippen MR) is 46.3 cm³/mol. The summed E-state index contributed by atoms with van der Waals surface area (Å²) in [5.41, 5.74) is 1.58. The molecule has 3 nitrogen and oxygen atoms in total. The lowest BCUT2D eigenvalue weighted by Gasteiger charge is -2.00. The molecule has 1 heterocycles. The summed E-state index contributed by atoms with van der Waals surface area (Å²) in [6, 6.07) is 5.71. The number of hydrogen-bond donors (Lipinski definition) is 1. The molecule has 0 saturated heterocycles. The second kappa shape index (κ2) is 4.47. The van der Waals surface area contributed by atoms with Crippen LogP contribution in [0.15, 0.2) is 18.3 Å². The zero-order valence-corrected chi connectivity index (χ0v) is 7.04. The van der Waals surface area contributed by atoms with Gasteiger partial charge in [-0.3, -0.25) is 0 Å². The van der Waals surface area contributed by atoms with Crippen LogP contribution in [-0.2, 0) is 6.54 Å². The normalized spacial score (nSPS) is 9.33. The average Bonchev–Trinajstić information content (AvgIpc) is 2.15. The van der Waals surface area contributed by atoms with Gasteiger partial charge in [0.15, 0.2) is 0 Å². The van der Waals surface area contributed by atoms with E-state index in [2.05, 4.69) is 10.3 Å². The molecule has 0 bridgehead atoms. The van der Waals surface area contributed by atoms with Gasteiger partial charge in [0.25, 0.3) is 0 Å². The van der Waals surface area contributed by atoms with Gasteiger partial charge in [0.2, 0.25) is 0 Å². The Morgan fingerprint density at radius 3 is 3.17 bits per heavy atom. The molecule has 0 saturated carbocycles. The molecular weight excluding hydrogens is 150 g/mol. The lowest BCUT2D eigenvalue weighted by Crippen LogP contribution is -2.11. The Morgan fingerprint density at radius 2 is 2.50 bits per heavy atom. The first-order chi connectivity index (χ1) is 5.86. The first kappa shape index (κ1) is 8.69. The maximum Gasteiger partial charge on any atom is 0.140 e. The molecule has 3 heteroatoms. The van der Waals surface area contributed by atoms with Crippen molar-refractivity contribution in [1.82, 2.24) is 10.3 Å². The van der Waals surface area contributed by atoms with Crippen LogP contribution < -0.4 is 5.32 Å². The fourth-order valence-electron chi connectivity index (χ4n) is 0.915. The molecule has 1 rings (SSSR count). The summed E-state index contributed by atoms with van der Waals surface area (Å²) >= 11 is 0. The Hall–Kier alpha value is -1.40. The summed E-state index contributed by atoms with van der Waals surface area (Å²) < 4.78 is 0. The summed E-state index contributed by atoms with van der Waals surface area (Å²) in [5, 5.41) is 11.7. The van der Waals surface area contributed by atoms with Crippen LogP contribution in [0, 0.1) is 11.3 Å². The van der Waals surface area contributed by atoms with Gasteiger partial charge in [-0.05, 0) is 24.2 Å². The second-order valence-corrected chi connectivity index (χ2v) is 2.44. The van der Waals surface area contributed by atoms with E-state index in [1.165, 1.54) is 0 Å². The monoisotopic (exact) mass is 161 g/mol. The van der Waals surface area contributed by atoms with Crippen molar-refractivity contribution in [3.8, 4) is 6.07 Å². The molecule has 0 aliphatic rings. The number of pyridine rings is 1. The Morgan fingerprint density at radius 1 is 1.67 bits per heavy atom. The van der Waals surface area contributed by atoms with Crippen molar-refractivity contribution < 1.29 is 0 Å². The Balaban J connectivity index is 2.68. The molecular formula is C9H11N3. The molecule has 1 aromatic rings. The Bertz CT molecular complexity index is 288. The van der Waals surface area contributed by atoms with E-state index in [1.54, 1.807) is 12.3 Å². The highest BCUT2D eigenvalue weighted by atomic mass is 14.8. The van der Waals surface area contributed by atoms with Crippen molar-refractivity contribution in [2.75, 3.05) is 6.54 Å². The highest BCUT2D eigenvalue weighted by Gasteiger charge is 1.94. The standard InChI is InChI=1S/C9H11N3/c1-2-11-7-8-3-4-12-9(5-8)6-10/h3-5,11H,2,7H2,1H3. The van der Waals surface area contributed by atoms with Crippen LogP contribution in [0.2, 0.25) is 0 Å². The molecule has 0 aliphatic heterocycles. The molecule has 0 amide bonds. The van der Waals surface area contributed by atoms with Crippen molar-refractivity contribution in [2.24, 2.45) is 0 Å². The first-order valence-corrected chi connectivity index (χ1v) is 3.92. The van der Waals surface area contributed by atoms with Gasteiger partial charge in [-0.1, -0.05) is 6.92 Å². The summed E-state index contributed by atoms with van der Waals surface area (Å²) in [6.07, 6.45) is 1.66. The van der Waals surface area contributed by atoms with E-state index in [-0.39, 0.29) is 0 Å². The molecule has 0 radical (unpaired) electrons. The summed E-state index contributed by atoms with van der Waals surface area (Å²) in [7, 11) is 0. The Kier molecular flexibility index (Phi) is 3.24. The van der Waals surface area contributed by atoms with E-state index in [4.69, 9.17) is 5.26 Å². The maximum atomic E-state index is 8.55. The van der Waals surface area contributed by atoms with Crippen molar-refractivity contribution in [3.63, 3.8) is 0 Å². The van der Waals surface area contributed by atoms with Gasteiger partial charge in [0, 0.05) is 12.7 Å². The van der Waals surface area contributed by atoms with Gasteiger partial charge in [0.1, 0.15) is 11.8 Å². The van der Waals surface area contributed by atoms with E-state index in [1.807, 2.05) is 19.1 Å². The third-order valence-corrected chi connectivity index (χ3v) is 1.52. The number of aromatic nitrogens is 1. The van der Waals surface area contributed by atoms with Crippen molar-refractivity contribution in [1.29, 1.82) is 5.26 Å². The number of nitrogens with one attached hydrogen (secondary N) is 1. The van der Waals surface area contributed by atoms with Crippen LogP contribution in [0.5, 0.6) is 0 Å².